The summed E-state index contributed by atoms with van der Waals surface area (Å²) in [6.45, 7) is 6.85. The topological polar surface area (TPSA) is 32.3 Å². The number of hydrogen-bond donors (Lipinski definition) is 1. The third-order valence-electron chi connectivity index (χ3n) is 2.62. The number of carbonyl (C=O) groups excluding carboxylic acids is 1. The van der Waals surface area contributed by atoms with Crippen LogP contribution in [-0.2, 0) is 0 Å². The molecule has 0 aliphatic carbocycles. The van der Waals surface area contributed by atoms with E-state index in [-0.39, 0.29) is 11.9 Å². The van der Waals surface area contributed by atoms with Gasteiger partial charge in [0.25, 0.3) is 5.91 Å². The minimum absolute atomic E-state index is 0.0616. The van der Waals surface area contributed by atoms with Crippen molar-refractivity contribution in [3.8, 4) is 0 Å². The highest BCUT2D eigenvalue weighted by Crippen LogP contribution is 2.17. The maximum Gasteiger partial charge on any atom is 0.255 e. The first-order valence-corrected chi connectivity index (χ1v) is 5.68. The van der Waals surface area contributed by atoms with E-state index >= 15 is 0 Å². The first-order chi connectivity index (χ1) is 7.57. The van der Waals surface area contributed by atoms with Crippen LogP contribution < -0.4 is 5.32 Å². The molecule has 0 bridgehead atoms. The van der Waals surface area contributed by atoms with E-state index in [0.717, 1.165) is 17.8 Å². The van der Waals surface area contributed by atoms with E-state index in [1.165, 1.54) is 0 Å². The molecule has 0 spiro atoms. The molecule has 1 aromatic carbocycles. The standard InChI is InChI=1S/C13H20N2O/c1-5-14-12-9-7-6-8-11(12)13(16)15(4)10(2)3/h6-10,14H,5H2,1-4H3. The highest BCUT2D eigenvalue weighted by atomic mass is 16.2. The van der Waals surface area contributed by atoms with Gasteiger partial charge >= 0.3 is 0 Å². The number of hydrogen-bond acceptors (Lipinski definition) is 2. The second-order valence-electron chi connectivity index (χ2n) is 4.09. The zero-order valence-corrected chi connectivity index (χ0v) is 10.4. The van der Waals surface area contributed by atoms with Gasteiger partial charge < -0.3 is 10.2 Å². The van der Waals surface area contributed by atoms with Crippen molar-refractivity contribution in [1.82, 2.24) is 4.90 Å². The van der Waals surface area contributed by atoms with Crippen molar-refractivity contribution in [1.29, 1.82) is 0 Å². The van der Waals surface area contributed by atoms with E-state index in [2.05, 4.69) is 5.32 Å². The fourth-order valence-corrected chi connectivity index (χ4v) is 1.44. The van der Waals surface area contributed by atoms with Gasteiger partial charge in [-0.2, -0.15) is 0 Å². The number of amides is 1. The van der Waals surface area contributed by atoms with E-state index in [4.69, 9.17) is 0 Å². The molecular formula is C13H20N2O. The summed E-state index contributed by atoms with van der Waals surface area (Å²) in [6.07, 6.45) is 0. The number of benzene rings is 1. The molecule has 1 aromatic rings. The molecule has 0 aromatic heterocycles. The van der Waals surface area contributed by atoms with Gasteiger partial charge in [-0.1, -0.05) is 12.1 Å². The van der Waals surface area contributed by atoms with Crippen molar-refractivity contribution in [3.05, 3.63) is 29.8 Å². The minimum Gasteiger partial charge on any atom is -0.385 e. The highest BCUT2D eigenvalue weighted by molar-refractivity contribution is 5.99. The Hall–Kier alpha value is -1.51. The average Bonchev–Trinajstić information content (AvgIpc) is 2.28. The van der Waals surface area contributed by atoms with Crippen LogP contribution in [-0.4, -0.2) is 30.4 Å². The van der Waals surface area contributed by atoms with Gasteiger partial charge in [-0.15, -0.1) is 0 Å². The molecule has 0 saturated heterocycles. The molecule has 1 rings (SSSR count). The number of nitrogens with one attached hydrogen (secondary N) is 1. The van der Waals surface area contributed by atoms with Crippen LogP contribution in [0.2, 0.25) is 0 Å². The smallest absolute Gasteiger partial charge is 0.255 e. The SMILES string of the molecule is CCNc1ccccc1C(=O)N(C)C(C)C. The zero-order chi connectivity index (χ0) is 12.1. The lowest BCUT2D eigenvalue weighted by Gasteiger charge is -2.22. The van der Waals surface area contributed by atoms with Crippen molar-refractivity contribution >= 4 is 11.6 Å². The monoisotopic (exact) mass is 220 g/mol. The van der Waals surface area contributed by atoms with Crippen LogP contribution in [0.1, 0.15) is 31.1 Å². The molecular weight excluding hydrogens is 200 g/mol. The molecule has 0 aliphatic rings. The molecule has 0 atom stereocenters. The molecule has 0 radical (unpaired) electrons. The van der Waals surface area contributed by atoms with Crippen LogP contribution in [0.25, 0.3) is 0 Å². The van der Waals surface area contributed by atoms with Gasteiger partial charge in [0.05, 0.1) is 5.56 Å². The number of para-hydroxylation sites is 1. The summed E-state index contributed by atoms with van der Waals surface area (Å²) in [5.41, 5.74) is 1.64. The molecule has 0 saturated carbocycles. The predicted octanol–water partition coefficient (Wildman–Crippen LogP) is 2.60. The van der Waals surface area contributed by atoms with Crippen LogP contribution in [0, 0.1) is 0 Å². The summed E-state index contributed by atoms with van der Waals surface area (Å²) in [6, 6.07) is 7.83. The fraction of sp³-hybridized carbons (Fsp3) is 0.462. The van der Waals surface area contributed by atoms with Crippen LogP contribution in [0.5, 0.6) is 0 Å². The van der Waals surface area contributed by atoms with E-state index in [1.54, 1.807) is 4.90 Å². The van der Waals surface area contributed by atoms with E-state index in [0.29, 0.717) is 0 Å². The fourth-order valence-electron chi connectivity index (χ4n) is 1.44. The van der Waals surface area contributed by atoms with Gasteiger partial charge in [-0.05, 0) is 32.9 Å². The average molecular weight is 220 g/mol. The van der Waals surface area contributed by atoms with Crippen LogP contribution >= 0.6 is 0 Å². The van der Waals surface area contributed by atoms with Crippen molar-refractivity contribution in [2.24, 2.45) is 0 Å². The third-order valence-corrected chi connectivity index (χ3v) is 2.62. The Kier molecular flexibility index (Phi) is 4.35. The maximum absolute atomic E-state index is 12.2. The van der Waals surface area contributed by atoms with Gasteiger partial charge in [-0.25, -0.2) is 0 Å². The van der Waals surface area contributed by atoms with E-state index in [1.807, 2.05) is 52.1 Å². The van der Waals surface area contributed by atoms with Gasteiger partial charge in [0.1, 0.15) is 0 Å². The van der Waals surface area contributed by atoms with Gasteiger partial charge in [0, 0.05) is 25.3 Å². The van der Waals surface area contributed by atoms with Crippen LogP contribution in [0.3, 0.4) is 0 Å². The van der Waals surface area contributed by atoms with Crippen molar-refractivity contribution in [2.45, 2.75) is 26.8 Å². The Morgan fingerprint density at radius 2 is 2.00 bits per heavy atom. The van der Waals surface area contributed by atoms with Crippen molar-refractivity contribution < 1.29 is 4.79 Å². The molecule has 88 valence electrons. The quantitative estimate of drug-likeness (QED) is 0.846. The van der Waals surface area contributed by atoms with Crippen LogP contribution in [0.15, 0.2) is 24.3 Å². The Morgan fingerprint density at radius 1 is 1.38 bits per heavy atom. The molecule has 3 heteroatoms. The molecule has 1 N–H and O–H groups in total. The minimum atomic E-state index is 0.0616. The summed E-state index contributed by atoms with van der Waals surface area (Å²) in [7, 11) is 1.83. The molecule has 0 heterocycles. The summed E-state index contributed by atoms with van der Waals surface area (Å²) in [5.74, 6) is 0.0616. The summed E-state index contributed by atoms with van der Waals surface area (Å²) >= 11 is 0. The molecule has 16 heavy (non-hydrogen) atoms. The first kappa shape index (κ1) is 12.6. The Bertz CT molecular complexity index is 361. The Balaban J connectivity index is 2.98. The summed E-state index contributed by atoms with van der Waals surface area (Å²) < 4.78 is 0. The Labute approximate surface area is 97.5 Å². The number of nitrogens with zero attached hydrogens (tertiary/aromatic N) is 1. The van der Waals surface area contributed by atoms with Crippen molar-refractivity contribution in [3.63, 3.8) is 0 Å². The van der Waals surface area contributed by atoms with Crippen LogP contribution in [0.4, 0.5) is 5.69 Å². The van der Waals surface area contributed by atoms with Gasteiger partial charge in [-0.3, -0.25) is 4.79 Å². The highest BCUT2D eigenvalue weighted by Gasteiger charge is 2.16. The van der Waals surface area contributed by atoms with Gasteiger partial charge in [0.2, 0.25) is 0 Å². The second-order valence-corrected chi connectivity index (χ2v) is 4.09. The normalized spacial score (nSPS) is 10.3. The number of rotatable bonds is 4. The lowest BCUT2D eigenvalue weighted by Crippen LogP contribution is -2.33. The lowest BCUT2D eigenvalue weighted by molar-refractivity contribution is 0.0756. The molecule has 3 nitrogen and oxygen atoms in total. The third kappa shape index (κ3) is 2.75. The molecule has 0 unspecified atom stereocenters. The van der Waals surface area contributed by atoms with E-state index in [9.17, 15) is 4.79 Å². The summed E-state index contributed by atoms with van der Waals surface area (Å²) in [5, 5.41) is 3.20. The molecule has 0 fully saturated rings. The first-order valence-electron chi connectivity index (χ1n) is 5.68. The maximum atomic E-state index is 12.2. The lowest BCUT2D eigenvalue weighted by atomic mass is 10.1. The Morgan fingerprint density at radius 3 is 2.56 bits per heavy atom. The largest absolute Gasteiger partial charge is 0.385 e. The summed E-state index contributed by atoms with van der Waals surface area (Å²) in [4.78, 5) is 13.9. The van der Waals surface area contributed by atoms with Gasteiger partial charge in [0.15, 0.2) is 0 Å². The number of carbonyl (C=O) groups is 1. The second kappa shape index (κ2) is 5.54. The molecule has 0 aliphatic heterocycles. The predicted molar refractivity (Wildman–Crippen MR) is 67.8 cm³/mol. The number of anilines is 1. The van der Waals surface area contributed by atoms with E-state index < -0.39 is 0 Å². The van der Waals surface area contributed by atoms with Crippen molar-refractivity contribution in [2.75, 3.05) is 18.9 Å². The molecule has 1 amide bonds. The zero-order valence-electron chi connectivity index (χ0n) is 10.4.